The Hall–Kier alpha value is -1.36. The van der Waals surface area contributed by atoms with E-state index in [1.54, 1.807) is 0 Å². The van der Waals surface area contributed by atoms with Gasteiger partial charge in [-0.15, -0.1) is 0 Å². The van der Waals surface area contributed by atoms with Crippen LogP contribution in [0.3, 0.4) is 0 Å². The average molecular weight is 239 g/mol. The van der Waals surface area contributed by atoms with Gasteiger partial charge in [-0.2, -0.15) is 5.10 Å². The van der Waals surface area contributed by atoms with Gasteiger partial charge in [0.25, 0.3) is 0 Å². The van der Waals surface area contributed by atoms with Crippen molar-refractivity contribution in [3.8, 4) is 0 Å². The second kappa shape index (κ2) is 6.39. The van der Waals surface area contributed by atoms with Crippen LogP contribution in [0.25, 0.3) is 0 Å². The van der Waals surface area contributed by atoms with Crippen LogP contribution in [0.5, 0.6) is 0 Å². The van der Waals surface area contributed by atoms with Gasteiger partial charge in [0.15, 0.2) is 0 Å². The molecular formula is C12H21N3O2. The van der Waals surface area contributed by atoms with Crippen LogP contribution in [0.15, 0.2) is 12.4 Å². The number of carboxylic acid groups (broad SMARTS) is 1. The number of aryl methyl sites for hydroxylation is 1. The van der Waals surface area contributed by atoms with E-state index in [-0.39, 0.29) is 6.42 Å². The summed E-state index contributed by atoms with van der Waals surface area (Å²) < 4.78 is 1.88. The molecule has 0 amide bonds. The van der Waals surface area contributed by atoms with Crippen molar-refractivity contribution in [1.29, 1.82) is 0 Å². The second-order valence-corrected chi connectivity index (χ2v) is 4.41. The lowest BCUT2D eigenvalue weighted by Crippen LogP contribution is -2.32. The van der Waals surface area contributed by atoms with Gasteiger partial charge in [0.1, 0.15) is 0 Å². The van der Waals surface area contributed by atoms with Gasteiger partial charge >= 0.3 is 5.97 Å². The first-order valence-electron chi connectivity index (χ1n) is 6.00. The summed E-state index contributed by atoms with van der Waals surface area (Å²) in [6, 6.07) is 0.333. The number of aliphatic carboxylic acids is 1. The molecule has 0 atom stereocenters. The summed E-state index contributed by atoms with van der Waals surface area (Å²) in [5, 5.41) is 12.9. The van der Waals surface area contributed by atoms with Crippen LogP contribution in [0.1, 0.15) is 32.8 Å². The van der Waals surface area contributed by atoms with Crippen molar-refractivity contribution >= 4 is 5.97 Å². The first kappa shape index (κ1) is 13.7. The van der Waals surface area contributed by atoms with Gasteiger partial charge in [-0.3, -0.25) is 14.4 Å². The third-order valence-corrected chi connectivity index (χ3v) is 2.74. The fourth-order valence-corrected chi connectivity index (χ4v) is 1.65. The van der Waals surface area contributed by atoms with Crippen molar-refractivity contribution in [2.45, 2.75) is 46.3 Å². The van der Waals surface area contributed by atoms with E-state index in [9.17, 15) is 4.79 Å². The molecule has 0 saturated carbocycles. The number of hydrogen-bond donors (Lipinski definition) is 1. The summed E-state index contributed by atoms with van der Waals surface area (Å²) in [5.74, 6) is -0.750. The van der Waals surface area contributed by atoms with E-state index < -0.39 is 5.97 Å². The molecule has 0 fully saturated rings. The lowest BCUT2D eigenvalue weighted by atomic mass is 10.2. The molecule has 1 aromatic rings. The van der Waals surface area contributed by atoms with Crippen molar-refractivity contribution < 1.29 is 9.90 Å². The van der Waals surface area contributed by atoms with Gasteiger partial charge in [0.2, 0.25) is 0 Å². The van der Waals surface area contributed by atoms with Crippen LogP contribution in [0, 0.1) is 0 Å². The van der Waals surface area contributed by atoms with Gasteiger partial charge in [0.05, 0.1) is 12.6 Å². The van der Waals surface area contributed by atoms with Gasteiger partial charge in [0, 0.05) is 37.4 Å². The summed E-state index contributed by atoms with van der Waals surface area (Å²) in [4.78, 5) is 12.7. The smallest absolute Gasteiger partial charge is 0.304 e. The third-order valence-electron chi connectivity index (χ3n) is 2.74. The van der Waals surface area contributed by atoms with Crippen LogP contribution in [0.4, 0.5) is 0 Å². The maximum Gasteiger partial charge on any atom is 0.304 e. The monoisotopic (exact) mass is 239 g/mol. The van der Waals surface area contributed by atoms with Crippen LogP contribution >= 0.6 is 0 Å². The summed E-state index contributed by atoms with van der Waals surface area (Å²) in [5.41, 5.74) is 1.13. The largest absolute Gasteiger partial charge is 0.481 e. The third kappa shape index (κ3) is 4.56. The molecule has 1 heterocycles. The summed E-state index contributed by atoms with van der Waals surface area (Å²) >= 11 is 0. The fraction of sp³-hybridized carbons (Fsp3) is 0.667. The van der Waals surface area contributed by atoms with E-state index in [0.29, 0.717) is 12.6 Å². The molecule has 0 unspecified atom stereocenters. The molecule has 1 N–H and O–H groups in total. The van der Waals surface area contributed by atoms with Crippen LogP contribution in [0.2, 0.25) is 0 Å². The normalized spacial score (nSPS) is 11.4. The number of carbonyl (C=O) groups is 1. The summed E-state index contributed by atoms with van der Waals surface area (Å²) in [6.07, 6.45) is 4.04. The van der Waals surface area contributed by atoms with E-state index >= 15 is 0 Å². The Bertz CT molecular complexity index is 360. The van der Waals surface area contributed by atoms with Gasteiger partial charge in [-0.1, -0.05) is 0 Å². The van der Waals surface area contributed by atoms with Gasteiger partial charge in [-0.05, 0) is 20.8 Å². The number of rotatable bonds is 7. The molecule has 5 heteroatoms. The predicted molar refractivity (Wildman–Crippen MR) is 65.7 cm³/mol. The summed E-state index contributed by atoms with van der Waals surface area (Å²) in [6.45, 7) is 8.38. The number of aromatic nitrogens is 2. The lowest BCUT2D eigenvalue weighted by molar-refractivity contribution is -0.137. The molecule has 0 bridgehead atoms. The second-order valence-electron chi connectivity index (χ2n) is 4.41. The Balaban J connectivity index is 2.56. The molecule has 0 radical (unpaired) electrons. The quantitative estimate of drug-likeness (QED) is 0.785. The zero-order chi connectivity index (χ0) is 12.8. The highest BCUT2D eigenvalue weighted by Crippen LogP contribution is 2.08. The molecule has 0 saturated heterocycles. The first-order chi connectivity index (χ1) is 8.02. The molecular weight excluding hydrogens is 218 g/mol. The van der Waals surface area contributed by atoms with E-state index in [4.69, 9.17) is 5.11 Å². The Kier molecular flexibility index (Phi) is 5.15. The van der Waals surface area contributed by atoms with E-state index in [1.807, 2.05) is 24.0 Å². The highest BCUT2D eigenvalue weighted by molar-refractivity contribution is 5.66. The highest BCUT2D eigenvalue weighted by Gasteiger charge is 2.12. The van der Waals surface area contributed by atoms with Crippen LogP contribution in [-0.2, 0) is 17.9 Å². The van der Waals surface area contributed by atoms with Crippen LogP contribution in [-0.4, -0.2) is 38.3 Å². The molecule has 0 aliphatic carbocycles. The number of carboxylic acids is 1. The maximum absolute atomic E-state index is 10.6. The van der Waals surface area contributed by atoms with Gasteiger partial charge in [-0.25, -0.2) is 0 Å². The number of nitrogens with zero attached hydrogens (tertiary/aromatic N) is 3. The standard InChI is InChI=1S/C12H21N3O2/c1-4-15-9-11(7-13-15)8-14(10(2)3)6-5-12(16)17/h7,9-10H,4-6,8H2,1-3H3,(H,16,17). The molecule has 0 aliphatic heterocycles. The van der Waals surface area contributed by atoms with Crippen molar-refractivity contribution in [3.05, 3.63) is 18.0 Å². The van der Waals surface area contributed by atoms with Crippen molar-refractivity contribution in [2.24, 2.45) is 0 Å². The van der Waals surface area contributed by atoms with Crippen molar-refractivity contribution in [3.63, 3.8) is 0 Å². The van der Waals surface area contributed by atoms with E-state index in [2.05, 4.69) is 23.8 Å². The minimum atomic E-state index is -0.750. The minimum Gasteiger partial charge on any atom is -0.481 e. The molecule has 17 heavy (non-hydrogen) atoms. The zero-order valence-corrected chi connectivity index (χ0v) is 10.8. The minimum absolute atomic E-state index is 0.181. The van der Waals surface area contributed by atoms with Crippen molar-refractivity contribution in [2.75, 3.05) is 6.54 Å². The highest BCUT2D eigenvalue weighted by atomic mass is 16.4. The van der Waals surface area contributed by atoms with E-state index in [1.165, 1.54) is 0 Å². The topological polar surface area (TPSA) is 58.4 Å². The van der Waals surface area contributed by atoms with Crippen molar-refractivity contribution in [1.82, 2.24) is 14.7 Å². The maximum atomic E-state index is 10.6. The fourth-order valence-electron chi connectivity index (χ4n) is 1.65. The van der Waals surface area contributed by atoms with Gasteiger partial charge < -0.3 is 5.11 Å². The Morgan fingerprint density at radius 1 is 1.59 bits per heavy atom. The predicted octanol–water partition coefficient (Wildman–Crippen LogP) is 1.59. The Morgan fingerprint density at radius 2 is 2.29 bits per heavy atom. The van der Waals surface area contributed by atoms with E-state index in [0.717, 1.165) is 18.7 Å². The SMILES string of the molecule is CCn1cc(CN(CCC(=O)O)C(C)C)cn1. The molecule has 1 aromatic heterocycles. The average Bonchev–Trinajstić information content (AvgIpc) is 2.71. The molecule has 1 rings (SSSR count). The molecule has 0 aromatic carbocycles. The Labute approximate surface area is 102 Å². The molecule has 0 spiro atoms. The zero-order valence-electron chi connectivity index (χ0n) is 10.8. The molecule has 5 nitrogen and oxygen atoms in total. The lowest BCUT2D eigenvalue weighted by Gasteiger charge is -2.25. The number of hydrogen-bond acceptors (Lipinski definition) is 3. The molecule has 96 valence electrons. The van der Waals surface area contributed by atoms with Crippen LogP contribution < -0.4 is 0 Å². The Morgan fingerprint density at radius 3 is 2.76 bits per heavy atom. The summed E-state index contributed by atoms with van der Waals surface area (Å²) in [7, 11) is 0. The molecule has 0 aliphatic rings. The first-order valence-corrected chi connectivity index (χ1v) is 6.00.